The minimum absolute atomic E-state index is 0.104. The van der Waals surface area contributed by atoms with Crippen LogP contribution in [0.5, 0.6) is 5.75 Å². The SMILES string of the molecule is CC[NH+]1CC=C2C(C#N)C(=N)C(C#N)(C#N)[C@H](c3ccc(OC)c4ccccc34)[C@@H]2C1. The van der Waals surface area contributed by atoms with Crippen molar-refractivity contribution in [1.82, 2.24) is 0 Å². The largest absolute Gasteiger partial charge is 0.496 e. The van der Waals surface area contributed by atoms with E-state index in [4.69, 9.17) is 10.1 Å². The van der Waals surface area contributed by atoms with Gasteiger partial charge in [-0.3, -0.25) is 0 Å². The maximum atomic E-state index is 10.3. The molecular weight excluding hydrogens is 386 g/mol. The predicted molar refractivity (Wildman–Crippen MR) is 117 cm³/mol. The van der Waals surface area contributed by atoms with Gasteiger partial charge in [-0.15, -0.1) is 0 Å². The average Bonchev–Trinajstić information content (AvgIpc) is 2.82. The molecule has 4 atom stereocenters. The van der Waals surface area contributed by atoms with Crippen molar-refractivity contribution in [2.45, 2.75) is 12.8 Å². The molecule has 0 radical (unpaired) electrons. The van der Waals surface area contributed by atoms with Crippen LogP contribution in [0.1, 0.15) is 18.4 Å². The summed E-state index contributed by atoms with van der Waals surface area (Å²) in [6, 6.07) is 18.2. The summed E-state index contributed by atoms with van der Waals surface area (Å²) < 4.78 is 5.54. The Bertz CT molecular complexity index is 1200. The number of nitrogens with zero attached hydrogens (tertiary/aromatic N) is 3. The number of hydrogen-bond acceptors (Lipinski definition) is 5. The van der Waals surface area contributed by atoms with E-state index in [-0.39, 0.29) is 11.6 Å². The third kappa shape index (κ3) is 2.90. The molecule has 1 saturated carbocycles. The summed E-state index contributed by atoms with van der Waals surface area (Å²) in [7, 11) is 1.62. The number of nitriles is 3. The highest BCUT2D eigenvalue weighted by Crippen LogP contribution is 2.54. The molecule has 2 aromatic carbocycles. The lowest BCUT2D eigenvalue weighted by Gasteiger charge is -2.46. The number of methoxy groups -OCH3 is 1. The summed E-state index contributed by atoms with van der Waals surface area (Å²) in [6.45, 7) is 4.54. The summed E-state index contributed by atoms with van der Waals surface area (Å²) in [4.78, 5) is 1.34. The number of benzene rings is 2. The van der Waals surface area contributed by atoms with Gasteiger partial charge in [-0.2, -0.15) is 15.8 Å². The van der Waals surface area contributed by atoms with Gasteiger partial charge in [0, 0.05) is 17.2 Å². The van der Waals surface area contributed by atoms with Crippen molar-refractivity contribution in [2.75, 3.05) is 26.7 Å². The van der Waals surface area contributed by atoms with Crippen LogP contribution in [-0.4, -0.2) is 32.5 Å². The molecule has 2 N–H and O–H groups in total. The van der Waals surface area contributed by atoms with Crippen molar-refractivity contribution in [3.8, 4) is 24.0 Å². The second kappa shape index (κ2) is 7.88. The van der Waals surface area contributed by atoms with Crippen LogP contribution in [0.15, 0.2) is 48.0 Å². The van der Waals surface area contributed by atoms with E-state index >= 15 is 0 Å². The zero-order valence-electron chi connectivity index (χ0n) is 17.6. The van der Waals surface area contributed by atoms with Gasteiger partial charge in [0.05, 0.1) is 50.7 Å². The van der Waals surface area contributed by atoms with E-state index in [1.165, 1.54) is 4.90 Å². The summed E-state index contributed by atoms with van der Waals surface area (Å²) in [5, 5.41) is 41.0. The maximum Gasteiger partial charge on any atom is 0.189 e. The summed E-state index contributed by atoms with van der Waals surface area (Å²) in [5.74, 6) is -0.814. The normalized spacial score (nSPS) is 26.7. The van der Waals surface area contributed by atoms with E-state index in [0.717, 1.165) is 47.3 Å². The Kier molecular flexibility index (Phi) is 5.24. The van der Waals surface area contributed by atoms with E-state index in [2.05, 4.69) is 31.2 Å². The number of fused-ring (bicyclic) bond motifs is 2. The lowest BCUT2D eigenvalue weighted by atomic mass is 9.54. The van der Waals surface area contributed by atoms with Gasteiger partial charge >= 0.3 is 0 Å². The molecule has 0 aromatic heterocycles. The topological polar surface area (TPSA) is 109 Å². The molecule has 2 unspecified atom stereocenters. The number of nitrogens with one attached hydrogen (secondary N) is 2. The fraction of sp³-hybridized carbons (Fsp3) is 0.360. The first-order valence-electron chi connectivity index (χ1n) is 10.5. The van der Waals surface area contributed by atoms with Gasteiger partial charge in [0.1, 0.15) is 11.7 Å². The first-order chi connectivity index (χ1) is 15.1. The lowest BCUT2D eigenvalue weighted by molar-refractivity contribution is -0.897. The quantitative estimate of drug-likeness (QED) is 0.758. The standard InChI is InChI=1S/C25H23N5O/c1-3-30-11-10-17-20(12-26)24(29)25(14-27,15-28)23(21(17)13-30)19-8-9-22(31-2)18-7-5-4-6-16(18)19/h4-10,20-21,23,29H,3,11,13H2,1-2H3/p+1/t20?,21-,23-/m1/s1. The first kappa shape index (κ1) is 20.6. The van der Waals surface area contributed by atoms with Crippen molar-refractivity contribution in [3.63, 3.8) is 0 Å². The molecule has 1 aliphatic carbocycles. The zero-order chi connectivity index (χ0) is 22.2. The van der Waals surface area contributed by atoms with Crippen molar-refractivity contribution < 1.29 is 9.64 Å². The zero-order valence-corrected chi connectivity index (χ0v) is 17.6. The molecule has 0 amide bonds. The molecule has 0 bridgehead atoms. The van der Waals surface area contributed by atoms with Crippen LogP contribution >= 0.6 is 0 Å². The Balaban J connectivity index is 2.04. The van der Waals surface area contributed by atoms with E-state index < -0.39 is 17.3 Å². The third-order valence-electron chi connectivity index (χ3n) is 6.93. The van der Waals surface area contributed by atoms with Crippen LogP contribution in [-0.2, 0) is 0 Å². The molecule has 6 heteroatoms. The average molecular weight is 411 g/mol. The molecule has 1 fully saturated rings. The van der Waals surface area contributed by atoms with Gasteiger partial charge < -0.3 is 15.0 Å². The van der Waals surface area contributed by atoms with E-state index in [9.17, 15) is 15.8 Å². The lowest BCUT2D eigenvalue weighted by Crippen LogP contribution is -3.13. The van der Waals surface area contributed by atoms with Crippen molar-refractivity contribution in [1.29, 1.82) is 21.2 Å². The van der Waals surface area contributed by atoms with Gasteiger partial charge in [0.15, 0.2) is 5.41 Å². The second-order valence-electron chi connectivity index (χ2n) is 8.21. The Morgan fingerprint density at radius 3 is 2.45 bits per heavy atom. The smallest absolute Gasteiger partial charge is 0.189 e. The van der Waals surface area contributed by atoms with Gasteiger partial charge in [-0.05, 0) is 35.6 Å². The van der Waals surface area contributed by atoms with Gasteiger partial charge in [0.25, 0.3) is 0 Å². The van der Waals surface area contributed by atoms with Crippen LogP contribution in [0.3, 0.4) is 0 Å². The number of ether oxygens (including phenoxy) is 1. The Morgan fingerprint density at radius 1 is 1.13 bits per heavy atom. The number of quaternary nitrogens is 1. The molecule has 31 heavy (non-hydrogen) atoms. The molecule has 0 saturated heterocycles. The van der Waals surface area contributed by atoms with Gasteiger partial charge in [0.2, 0.25) is 0 Å². The Labute approximate surface area is 182 Å². The first-order valence-corrected chi connectivity index (χ1v) is 10.5. The highest BCUT2D eigenvalue weighted by atomic mass is 16.5. The monoisotopic (exact) mass is 410 g/mol. The summed E-state index contributed by atoms with van der Waals surface area (Å²) >= 11 is 0. The molecular formula is C25H24N5O+. The van der Waals surface area contributed by atoms with Crippen molar-refractivity contribution >= 4 is 16.5 Å². The molecule has 6 nitrogen and oxygen atoms in total. The predicted octanol–water partition coefficient (Wildman–Crippen LogP) is 2.60. The van der Waals surface area contributed by atoms with E-state index in [1.807, 2.05) is 36.4 Å². The van der Waals surface area contributed by atoms with Crippen LogP contribution in [0.2, 0.25) is 0 Å². The van der Waals surface area contributed by atoms with Crippen LogP contribution in [0, 0.1) is 56.7 Å². The fourth-order valence-corrected chi connectivity index (χ4v) is 5.34. The molecule has 1 aliphatic heterocycles. The molecule has 4 rings (SSSR count). The van der Waals surface area contributed by atoms with Crippen LogP contribution in [0.25, 0.3) is 10.8 Å². The minimum atomic E-state index is -1.70. The Morgan fingerprint density at radius 2 is 1.84 bits per heavy atom. The van der Waals surface area contributed by atoms with E-state index in [0.29, 0.717) is 0 Å². The van der Waals surface area contributed by atoms with Gasteiger partial charge in [-0.25, -0.2) is 0 Å². The molecule has 0 spiro atoms. The minimum Gasteiger partial charge on any atom is -0.496 e. The highest BCUT2D eigenvalue weighted by Gasteiger charge is 2.58. The third-order valence-corrected chi connectivity index (χ3v) is 6.93. The maximum absolute atomic E-state index is 10.3. The van der Waals surface area contributed by atoms with Crippen LogP contribution < -0.4 is 9.64 Å². The highest BCUT2D eigenvalue weighted by molar-refractivity contribution is 6.02. The van der Waals surface area contributed by atoms with Crippen molar-refractivity contribution in [2.24, 2.45) is 17.3 Å². The Hall–Kier alpha value is -3.66. The van der Waals surface area contributed by atoms with E-state index in [1.54, 1.807) is 7.11 Å². The van der Waals surface area contributed by atoms with Crippen LogP contribution in [0.4, 0.5) is 0 Å². The number of hydrogen-bond donors (Lipinski definition) is 2. The van der Waals surface area contributed by atoms with Gasteiger partial charge in [-0.1, -0.05) is 30.3 Å². The summed E-state index contributed by atoms with van der Waals surface area (Å²) in [5.41, 5.74) is -0.0624. The summed E-state index contributed by atoms with van der Waals surface area (Å²) in [6.07, 6.45) is 2.06. The molecule has 2 aliphatic rings. The molecule has 1 heterocycles. The number of rotatable bonds is 3. The molecule has 154 valence electrons. The number of likely N-dealkylation sites (N-methyl/N-ethyl adjacent to an activating group) is 1. The second-order valence-corrected chi connectivity index (χ2v) is 8.21. The molecule has 2 aromatic rings. The fourth-order valence-electron chi connectivity index (χ4n) is 5.34. The van der Waals surface area contributed by atoms with Crippen molar-refractivity contribution in [3.05, 3.63) is 53.6 Å².